The molecule has 2 atom stereocenters. The molecule has 1 aliphatic rings. The SMILES string of the molecule is NC(=S)C1CCCC1NC(=O)c1c(F)cccc1Br. The van der Waals surface area contributed by atoms with Crippen LogP contribution in [0.1, 0.15) is 29.6 Å². The zero-order valence-corrected chi connectivity index (χ0v) is 12.6. The topological polar surface area (TPSA) is 55.1 Å². The highest BCUT2D eigenvalue weighted by atomic mass is 79.9. The summed E-state index contributed by atoms with van der Waals surface area (Å²) in [6.45, 7) is 0. The highest BCUT2D eigenvalue weighted by Gasteiger charge is 2.31. The molecule has 19 heavy (non-hydrogen) atoms. The van der Waals surface area contributed by atoms with Gasteiger partial charge in [-0.05, 0) is 40.9 Å². The molecule has 1 fully saturated rings. The minimum atomic E-state index is -0.545. The second kappa shape index (κ2) is 5.96. The Morgan fingerprint density at radius 2 is 2.21 bits per heavy atom. The lowest BCUT2D eigenvalue weighted by molar-refractivity contribution is 0.0929. The lowest BCUT2D eigenvalue weighted by Crippen LogP contribution is -2.42. The van der Waals surface area contributed by atoms with Crippen LogP contribution in [0.4, 0.5) is 4.39 Å². The van der Waals surface area contributed by atoms with Gasteiger partial charge in [-0.2, -0.15) is 0 Å². The van der Waals surface area contributed by atoms with E-state index in [1.807, 2.05) is 0 Å². The van der Waals surface area contributed by atoms with Gasteiger partial charge in [-0.1, -0.05) is 24.7 Å². The molecule has 3 nitrogen and oxygen atoms in total. The molecule has 102 valence electrons. The standard InChI is InChI=1S/C13H14BrFN2OS/c14-8-4-2-5-9(15)11(8)13(18)17-10-6-1-3-7(10)12(16)19/h2,4-5,7,10H,1,3,6H2,(H2,16,19)(H,17,18). The number of nitrogens with one attached hydrogen (secondary N) is 1. The van der Waals surface area contributed by atoms with Crippen molar-refractivity contribution in [2.24, 2.45) is 11.7 Å². The molecule has 2 rings (SSSR count). The highest BCUT2D eigenvalue weighted by molar-refractivity contribution is 9.10. The van der Waals surface area contributed by atoms with E-state index in [0.29, 0.717) is 9.46 Å². The van der Waals surface area contributed by atoms with Crippen molar-refractivity contribution in [3.63, 3.8) is 0 Å². The van der Waals surface area contributed by atoms with Gasteiger partial charge < -0.3 is 11.1 Å². The molecule has 3 N–H and O–H groups in total. The number of carbonyl (C=O) groups is 1. The predicted molar refractivity (Wildman–Crippen MR) is 79.5 cm³/mol. The van der Waals surface area contributed by atoms with Crippen LogP contribution < -0.4 is 11.1 Å². The Morgan fingerprint density at radius 1 is 1.47 bits per heavy atom. The molecule has 0 aromatic heterocycles. The van der Waals surface area contributed by atoms with Crippen LogP contribution in [0, 0.1) is 11.7 Å². The van der Waals surface area contributed by atoms with Crippen LogP contribution in [-0.4, -0.2) is 16.9 Å². The van der Waals surface area contributed by atoms with E-state index in [4.69, 9.17) is 18.0 Å². The van der Waals surface area contributed by atoms with Crippen molar-refractivity contribution in [3.05, 3.63) is 34.1 Å². The summed E-state index contributed by atoms with van der Waals surface area (Å²) in [5, 5.41) is 2.83. The number of thiocarbonyl (C=S) groups is 1. The van der Waals surface area contributed by atoms with Crippen LogP contribution >= 0.6 is 28.1 Å². The van der Waals surface area contributed by atoms with Crippen LogP contribution in [0.25, 0.3) is 0 Å². The van der Waals surface area contributed by atoms with Gasteiger partial charge >= 0.3 is 0 Å². The molecule has 0 bridgehead atoms. The molecule has 0 spiro atoms. The van der Waals surface area contributed by atoms with Gasteiger partial charge in [-0.25, -0.2) is 4.39 Å². The number of carbonyl (C=O) groups excluding carboxylic acids is 1. The first-order valence-electron chi connectivity index (χ1n) is 6.05. The summed E-state index contributed by atoms with van der Waals surface area (Å²) in [5.41, 5.74) is 5.68. The van der Waals surface area contributed by atoms with Gasteiger partial charge in [0.05, 0.1) is 10.6 Å². The number of amides is 1. The average Bonchev–Trinajstić information content (AvgIpc) is 2.76. The molecule has 1 aromatic rings. The zero-order valence-electron chi connectivity index (χ0n) is 10.2. The Bertz CT molecular complexity index is 503. The third kappa shape index (κ3) is 3.12. The van der Waals surface area contributed by atoms with Crippen molar-refractivity contribution in [1.82, 2.24) is 5.32 Å². The average molecular weight is 345 g/mol. The van der Waals surface area contributed by atoms with E-state index in [1.54, 1.807) is 12.1 Å². The number of hydrogen-bond acceptors (Lipinski definition) is 2. The summed E-state index contributed by atoms with van der Waals surface area (Å²) < 4.78 is 14.1. The molecule has 6 heteroatoms. The molecule has 0 aliphatic heterocycles. The van der Waals surface area contributed by atoms with E-state index in [9.17, 15) is 9.18 Å². The minimum Gasteiger partial charge on any atom is -0.393 e. The maximum atomic E-state index is 13.7. The van der Waals surface area contributed by atoms with Crippen LogP contribution in [0.15, 0.2) is 22.7 Å². The molecule has 0 heterocycles. The molecule has 0 saturated heterocycles. The Balaban J connectivity index is 2.15. The van der Waals surface area contributed by atoms with Crippen LogP contribution in [-0.2, 0) is 0 Å². The summed E-state index contributed by atoms with van der Waals surface area (Å²) >= 11 is 8.19. The van der Waals surface area contributed by atoms with Crippen molar-refractivity contribution in [3.8, 4) is 0 Å². The van der Waals surface area contributed by atoms with Crippen LogP contribution in [0.3, 0.4) is 0 Å². The van der Waals surface area contributed by atoms with Gasteiger partial charge in [-0.3, -0.25) is 4.79 Å². The van der Waals surface area contributed by atoms with Crippen molar-refractivity contribution < 1.29 is 9.18 Å². The summed E-state index contributed by atoms with van der Waals surface area (Å²) in [4.78, 5) is 12.6. The maximum absolute atomic E-state index is 13.7. The van der Waals surface area contributed by atoms with Gasteiger partial charge in [0, 0.05) is 16.4 Å². The van der Waals surface area contributed by atoms with Gasteiger partial charge in [0.25, 0.3) is 5.91 Å². The third-order valence-electron chi connectivity index (χ3n) is 3.39. The Morgan fingerprint density at radius 3 is 2.84 bits per heavy atom. The first-order chi connectivity index (χ1) is 9.00. The summed E-state index contributed by atoms with van der Waals surface area (Å²) in [6.07, 6.45) is 2.66. The minimum absolute atomic E-state index is 0.00417. The summed E-state index contributed by atoms with van der Waals surface area (Å²) in [6, 6.07) is 4.34. The highest BCUT2D eigenvalue weighted by Crippen LogP contribution is 2.27. The molecule has 1 aromatic carbocycles. The molecule has 1 saturated carbocycles. The fraction of sp³-hybridized carbons (Fsp3) is 0.385. The van der Waals surface area contributed by atoms with Gasteiger partial charge in [0.2, 0.25) is 0 Å². The van der Waals surface area contributed by atoms with Crippen molar-refractivity contribution in [2.45, 2.75) is 25.3 Å². The quantitative estimate of drug-likeness (QED) is 0.829. The number of hydrogen-bond donors (Lipinski definition) is 2. The van der Waals surface area contributed by atoms with E-state index in [2.05, 4.69) is 21.2 Å². The first kappa shape index (κ1) is 14.4. The van der Waals surface area contributed by atoms with Gasteiger partial charge in [-0.15, -0.1) is 0 Å². The predicted octanol–water partition coefficient (Wildman–Crippen LogP) is 2.77. The monoisotopic (exact) mass is 344 g/mol. The summed E-state index contributed by atoms with van der Waals surface area (Å²) in [5.74, 6) is -0.973. The van der Waals surface area contributed by atoms with Crippen molar-refractivity contribution >= 4 is 39.0 Å². The van der Waals surface area contributed by atoms with E-state index in [1.165, 1.54) is 6.07 Å². The maximum Gasteiger partial charge on any atom is 0.255 e. The lowest BCUT2D eigenvalue weighted by atomic mass is 10.0. The number of halogens is 2. The third-order valence-corrected chi connectivity index (χ3v) is 4.35. The summed E-state index contributed by atoms with van der Waals surface area (Å²) in [7, 11) is 0. The molecule has 2 unspecified atom stereocenters. The normalized spacial score (nSPS) is 22.2. The Labute approximate surface area is 124 Å². The smallest absolute Gasteiger partial charge is 0.255 e. The molecule has 0 radical (unpaired) electrons. The van der Waals surface area contributed by atoms with E-state index >= 15 is 0 Å². The largest absolute Gasteiger partial charge is 0.393 e. The van der Waals surface area contributed by atoms with Crippen molar-refractivity contribution in [1.29, 1.82) is 0 Å². The fourth-order valence-electron chi connectivity index (χ4n) is 2.43. The molecular formula is C13H14BrFN2OS. The van der Waals surface area contributed by atoms with E-state index < -0.39 is 11.7 Å². The van der Waals surface area contributed by atoms with Crippen LogP contribution in [0.5, 0.6) is 0 Å². The second-order valence-corrected chi connectivity index (χ2v) is 5.94. The molecular weight excluding hydrogens is 331 g/mol. The second-order valence-electron chi connectivity index (χ2n) is 4.62. The zero-order chi connectivity index (χ0) is 14.0. The van der Waals surface area contributed by atoms with Crippen LogP contribution in [0.2, 0.25) is 0 Å². The molecule has 1 amide bonds. The Kier molecular flexibility index (Phi) is 4.52. The first-order valence-corrected chi connectivity index (χ1v) is 7.25. The van der Waals surface area contributed by atoms with E-state index in [-0.39, 0.29) is 17.5 Å². The number of nitrogens with two attached hydrogens (primary N) is 1. The van der Waals surface area contributed by atoms with Gasteiger partial charge in [0.15, 0.2) is 0 Å². The number of rotatable bonds is 3. The lowest BCUT2D eigenvalue weighted by Gasteiger charge is -2.20. The van der Waals surface area contributed by atoms with Crippen molar-refractivity contribution in [2.75, 3.05) is 0 Å². The number of benzene rings is 1. The van der Waals surface area contributed by atoms with E-state index in [0.717, 1.165) is 19.3 Å². The van der Waals surface area contributed by atoms with Gasteiger partial charge in [0.1, 0.15) is 5.82 Å². The Hall–Kier alpha value is -1.01. The fourth-order valence-corrected chi connectivity index (χ4v) is 3.23. The molecule has 1 aliphatic carbocycles.